The molecule has 100 valence electrons. The molecule has 2 nitrogen and oxygen atoms in total. The molecule has 0 radical (unpaired) electrons. The molecule has 0 aliphatic heterocycles. The Kier molecular flexibility index (Phi) is 3.46. The standard InChI is InChI=1S/C15H15BrClNO/c1-9-7-11-14(3-2-4-15(11)19)18(9)10-5-6-12(16)13(17)8-10/h5-8,15,19H,2-4H2,1H3. The fourth-order valence-corrected chi connectivity index (χ4v) is 3.28. The molecule has 4 heteroatoms. The molecule has 1 heterocycles. The molecule has 1 atom stereocenters. The molecule has 0 amide bonds. The van der Waals surface area contributed by atoms with E-state index >= 15 is 0 Å². The van der Waals surface area contributed by atoms with Crippen molar-refractivity contribution in [2.45, 2.75) is 32.3 Å². The van der Waals surface area contributed by atoms with Crippen molar-refractivity contribution in [3.63, 3.8) is 0 Å². The molecule has 1 aromatic carbocycles. The fraction of sp³-hybridized carbons (Fsp3) is 0.333. The van der Waals surface area contributed by atoms with Crippen molar-refractivity contribution in [3.8, 4) is 5.69 Å². The predicted molar refractivity (Wildman–Crippen MR) is 81.1 cm³/mol. The third-order valence-corrected chi connectivity index (χ3v) is 4.96. The zero-order chi connectivity index (χ0) is 13.6. The van der Waals surface area contributed by atoms with Gasteiger partial charge in [-0.15, -0.1) is 0 Å². The number of hydrogen-bond acceptors (Lipinski definition) is 1. The van der Waals surface area contributed by atoms with Crippen molar-refractivity contribution in [3.05, 3.63) is 50.7 Å². The first-order chi connectivity index (χ1) is 9.08. The second-order valence-electron chi connectivity index (χ2n) is 5.03. The molecular formula is C15H15BrClNO. The maximum atomic E-state index is 10.1. The van der Waals surface area contributed by atoms with Gasteiger partial charge in [0.25, 0.3) is 0 Å². The number of rotatable bonds is 1. The minimum atomic E-state index is -0.324. The summed E-state index contributed by atoms with van der Waals surface area (Å²) < 4.78 is 3.10. The van der Waals surface area contributed by atoms with Crippen LogP contribution in [0.4, 0.5) is 0 Å². The Morgan fingerprint density at radius 2 is 2.16 bits per heavy atom. The number of aliphatic hydroxyl groups is 1. The summed E-state index contributed by atoms with van der Waals surface area (Å²) in [5, 5.41) is 10.8. The predicted octanol–water partition coefficient (Wildman–Crippen LogP) is 4.57. The maximum Gasteiger partial charge on any atom is 0.0807 e. The van der Waals surface area contributed by atoms with Crippen LogP contribution in [0.3, 0.4) is 0 Å². The van der Waals surface area contributed by atoms with Crippen LogP contribution in [0.1, 0.15) is 35.9 Å². The quantitative estimate of drug-likeness (QED) is 0.808. The van der Waals surface area contributed by atoms with Gasteiger partial charge in [-0.05, 0) is 66.4 Å². The summed E-state index contributed by atoms with van der Waals surface area (Å²) in [4.78, 5) is 0. The monoisotopic (exact) mass is 339 g/mol. The Balaban J connectivity index is 2.17. The normalized spacial score (nSPS) is 18.4. The summed E-state index contributed by atoms with van der Waals surface area (Å²) in [7, 11) is 0. The van der Waals surface area contributed by atoms with E-state index in [1.165, 1.54) is 5.69 Å². The van der Waals surface area contributed by atoms with Gasteiger partial charge in [0.1, 0.15) is 0 Å². The minimum absolute atomic E-state index is 0.324. The van der Waals surface area contributed by atoms with Crippen molar-refractivity contribution >= 4 is 27.5 Å². The number of aromatic nitrogens is 1. The van der Waals surface area contributed by atoms with E-state index in [2.05, 4.69) is 33.5 Å². The molecule has 1 N–H and O–H groups in total. The van der Waals surface area contributed by atoms with Crippen LogP contribution in [-0.4, -0.2) is 9.67 Å². The van der Waals surface area contributed by atoms with Gasteiger partial charge in [-0.1, -0.05) is 11.6 Å². The van der Waals surface area contributed by atoms with Gasteiger partial charge < -0.3 is 9.67 Å². The summed E-state index contributed by atoms with van der Waals surface area (Å²) >= 11 is 9.60. The van der Waals surface area contributed by atoms with Crippen LogP contribution in [0.15, 0.2) is 28.7 Å². The summed E-state index contributed by atoms with van der Waals surface area (Å²) in [6.45, 7) is 2.07. The van der Waals surface area contributed by atoms with Crippen LogP contribution in [0.5, 0.6) is 0 Å². The van der Waals surface area contributed by atoms with Crippen molar-refractivity contribution in [1.29, 1.82) is 0 Å². The summed E-state index contributed by atoms with van der Waals surface area (Å²) in [6, 6.07) is 8.06. The number of aryl methyl sites for hydroxylation is 1. The average molecular weight is 341 g/mol. The average Bonchev–Trinajstić information content (AvgIpc) is 2.71. The fourth-order valence-electron chi connectivity index (χ4n) is 2.86. The van der Waals surface area contributed by atoms with Crippen molar-refractivity contribution in [2.75, 3.05) is 0 Å². The number of aliphatic hydroxyl groups excluding tert-OH is 1. The third-order valence-electron chi connectivity index (χ3n) is 3.73. The van der Waals surface area contributed by atoms with Crippen LogP contribution in [0.25, 0.3) is 5.69 Å². The number of benzene rings is 1. The molecule has 0 saturated carbocycles. The highest BCUT2D eigenvalue weighted by molar-refractivity contribution is 9.10. The zero-order valence-corrected chi connectivity index (χ0v) is 13.0. The smallest absolute Gasteiger partial charge is 0.0807 e. The number of nitrogens with zero attached hydrogens (tertiary/aromatic N) is 1. The Bertz CT molecular complexity index is 635. The van der Waals surface area contributed by atoms with Crippen LogP contribution < -0.4 is 0 Å². The van der Waals surface area contributed by atoms with E-state index < -0.39 is 0 Å². The van der Waals surface area contributed by atoms with Gasteiger partial charge in [-0.3, -0.25) is 0 Å². The Morgan fingerprint density at radius 3 is 2.89 bits per heavy atom. The van der Waals surface area contributed by atoms with E-state index in [0.29, 0.717) is 5.02 Å². The minimum Gasteiger partial charge on any atom is -0.388 e. The Hall–Kier alpha value is -0.770. The van der Waals surface area contributed by atoms with Gasteiger partial charge in [0.2, 0.25) is 0 Å². The van der Waals surface area contributed by atoms with Gasteiger partial charge in [0, 0.05) is 27.1 Å². The van der Waals surface area contributed by atoms with Gasteiger partial charge >= 0.3 is 0 Å². The first-order valence-corrected chi connectivity index (χ1v) is 7.59. The van der Waals surface area contributed by atoms with Gasteiger partial charge in [-0.25, -0.2) is 0 Å². The third kappa shape index (κ3) is 2.24. The second-order valence-corrected chi connectivity index (χ2v) is 6.29. The van der Waals surface area contributed by atoms with Crippen molar-refractivity contribution in [1.82, 2.24) is 4.57 Å². The molecule has 1 aromatic heterocycles. The lowest BCUT2D eigenvalue weighted by atomic mass is 9.95. The second kappa shape index (κ2) is 4.97. The van der Waals surface area contributed by atoms with Gasteiger partial charge in [0.05, 0.1) is 11.1 Å². The number of halogens is 2. The largest absolute Gasteiger partial charge is 0.388 e. The van der Waals surface area contributed by atoms with Crippen LogP contribution in [0, 0.1) is 6.92 Å². The molecule has 0 saturated heterocycles. The van der Waals surface area contributed by atoms with Crippen molar-refractivity contribution in [2.24, 2.45) is 0 Å². The molecule has 19 heavy (non-hydrogen) atoms. The lowest BCUT2D eigenvalue weighted by Gasteiger charge is -2.20. The molecule has 1 aliphatic carbocycles. The summed E-state index contributed by atoms with van der Waals surface area (Å²) in [5.41, 5.74) is 4.49. The zero-order valence-electron chi connectivity index (χ0n) is 10.7. The summed E-state index contributed by atoms with van der Waals surface area (Å²) in [5.74, 6) is 0. The Morgan fingerprint density at radius 1 is 1.37 bits per heavy atom. The van der Waals surface area contributed by atoms with E-state index in [1.54, 1.807) is 0 Å². The van der Waals surface area contributed by atoms with Crippen LogP contribution >= 0.6 is 27.5 Å². The van der Waals surface area contributed by atoms with Crippen LogP contribution in [0.2, 0.25) is 5.02 Å². The molecule has 1 aliphatic rings. The molecule has 1 unspecified atom stereocenters. The van der Waals surface area contributed by atoms with Gasteiger partial charge in [0.15, 0.2) is 0 Å². The molecular weight excluding hydrogens is 326 g/mol. The first kappa shape index (κ1) is 13.2. The van der Waals surface area contributed by atoms with Crippen molar-refractivity contribution < 1.29 is 5.11 Å². The first-order valence-electron chi connectivity index (χ1n) is 6.42. The lowest BCUT2D eigenvalue weighted by molar-refractivity contribution is 0.156. The molecule has 0 bridgehead atoms. The highest BCUT2D eigenvalue weighted by atomic mass is 79.9. The Labute approximate surface area is 126 Å². The lowest BCUT2D eigenvalue weighted by Crippen LogP contribution is -2.11. The summed E-state index contributed by atoms with van der Waals surface area (Å²) in [6.07, 6.45) is 2.57. The SMILES string of the molecule is Cc1cc2c(n1-c1ccc(Br)c(Cl)c1)CCCC2O. The highest BCUT2D eigenvalue weighted by Crippen LogP contribution is 2.35. The van der Waals surface area contributed by atoms with E-state index in [9.17, 15) is 5.11 Å². The van der Waals surface area contributed by atoms with E-state index in [4.69, 9.17) is 11.6 Å². The van der Waals surface area contributed by atoms with Gasteiger partial charge in [-0.2, -0.15) is 0 Å². The maximum absolute atomic E-state index is 10.1. The number of fused-ring (bicyclic) bond motifs is 1. The molecule has 0 fully saturated rings. The molecule has 2 aromatic rings. The van der Waals surface area contributed by atoms with Crippen LogP contribution in [-0.2, 0) is 6.42 Å². The van der Waals surface area contributed by atoms with E-state index in [-0.39, 0.29) is 6.10 Å². The molecule has 3 rings (SSSR count). The highest BCUT2D eigenvalue weighted by Gasteiger charge is 2.23. The topological polar surface area (TPSA) is 25.2 Å². The van der Waals surface area contributed by atoms with E-state index in [1.807, 2.05) is 18.2 Å². The molecule has 0 spiro atoms. The van der Waals surface area contributed by atoms with E-state index in [0.717, 1.165) is 40.7 Å². The number of hydrogen-bond donors (Lipinski definition) is 1.